The van der Waals surface area contributed by atoms with Crippen molar-refractivity contribution in [3.63, 3.8) is 0 Å². The molecule has 0 N–H and O–H groups in total. The SMILES string of the molecule is CCCC(=O)N(CCC)C(CC)CCC. The number of hydrogen-bond acceptors (Lipinski definition) is 1. The summed E-state index contributed by atoms with van der Waals surface area (Å²) in [5.74, 6) is 0.347. The van der Waals surface area contributed by atoms with Crippen molar-refractivity contribution in [2.45, 2.75) is 72.3 Å². The smallest absolute Gasteiger partial charge is 0.222 e. The largest absolute Gasteiger partial charge is 0.340 e. The molecular formula is C13H27NO. The van der Waals surface area contributed by atoms with Crippen molar-refractivity contribution in [2.75, 3.05) is 6.54 Å². The van der Waals surface area contributed by atoms with Crippen molar-refractivity contribution in [1.29, 1.82) is 0 Å². The summed E-state index contributed by atoms with van der Waals surface area (Å²) in [5, 5.41) is 0. The van der Waals surface area contributed by atoms with Gasteiger partial charge in [-0.15, -0.1) is 0 Å². The van der Waals surface area contributed by atoms with Crippen molar-refractivity contribution < 1.29 is 4.79 Å². The highest BCUT2D eigenvalue weighted by Gasteiger charge is 2.19. The lowest BCUT2D eigenvalue weighted by atomic mass is 10.1. The molecule has 0 rings (SSSR count). The number of amides is 1. The van der Waals surface area contributed by atoms with Gasteiger partial charge in [0.2, 0.25) is 5.91 Å². The number of rotatable bonds is 8. The maximum absolute atomic E-state index is 11.9. The van der Waals surface area contributed by atoms with Gasteiger partial charge in [-0.2, -0.15) is 0 Å². The molecule has 0 aromatic carbocycles. The molecular weight excluding hydrogens is 186 g/mol. The minimum absolute atomic E-state index is 0.347. The first-order valence-electron chi connectivity index (χ1n) is 6.50. The Labute approximate surface area is 95.0 Å². The first kappa shape index (κ1) is 14.5. The summed E-state index contributed by atoms with van der Waals surface area (Å²) in [5.41, 5.74) is 0. The second kappa shape index (κ2) is 8.75. The van der Waals surface area contributed by atoms with Gasteiger partial charge in [0.15, 0.2) is 0 Å². The van der Waals surface area contributed by atoms with E-state index in [0.29, 0.717) is 18.4 Å². The van der Waals surface area contributed by atoms with Crippen molar-refractivity contribution >= 4 is 5.91 Å². The summed E-state index contributed by atoms with van der Waals surface area (Å²) < 4.78 is 0. The van der Waals surface area contributed by atoms with Crippen LogP contribution in [0, 0.1) is 0 Å². The quantitative estimate of drug-likeness (QED) is 0.603. The highest BCUT2D eigenvalue weighted by molar-refractivity contribution is 5.76. The van der Waals surface area contributed by atoms with Gasteiger partial charge in [-0.25, -0.2) is 0 Å². The van der Waals surface area contributed by atoms with Crippen LogP contribution in [0.15, 0.2) is 0 Å². The fourth-order valence-electron chi connectivity index (χ4n) is 2.02. The van der Waals surface area contributed by atoms with Crippen molar-refractivity contribution in [1.82, 2.24) is 4.90 Å². The third-order valence-electron chi connectivity index (χ3n) is 2.78. The molecule has 1 atom stereocenters. The van der Waals surface area contributed by atoms with Gasteiger partial charge in [-0.3, -0.25) is 4.79 Å². The Bertz CT molecular complexity index is 168. The molecule has 0 fully saturated rings. The van der Waals surface area contributed by atoms with E-state index >= 15 is 0 Å². The van der Waals surface area contributed by atoms with Crippen LogP contribution in [0.4, 0.5) is 0 Å². The predicted octanol–water partition coefficient (Wildman–Crippen LogP) is 3.60. The third kappa shape index (κ3) is 5.19. The Kier molecular flexibility index (Phi) is 8.44. The monoisotopic (exact) mass is 213 g/mol. The summed E-state index contributed by atoms with van der Waals surface area (Å²) >= 11 is 0. The van der Waals surface area contributed by atoms with Gasteiger partial charge in [-0.1, -0.05) is 34.1 Å². The molecule has 0 heterocycles. The molecule has 0 aliphatic carbocycles. The molecule has 1 unspecified atom stereocenters. The summed E-state index contributed by atoms with van der Waals surface area (Å²) in [6.45, 7) is 9.52. The fraction of sp³-hybridized carbons (Fsp3) is 0.923. The Balaban J connectivity index is 4.38. The van der Waals surface area contributed by atoms with Crippen LogP contribution in [-0.2, 0) is 4.79 Å². The van der Waals surface area contributed by atoms with E-state index in [9.17, 15) is 4.79 Å². The van der Waals surface area contributed by atoms with Gasteiger partial charge in [-0.05, 0) is 25.7 Å². The maximum Gasteiger partial charge on any atom is 0.222 e. The summed E-state index contributed by atoms with van der Waals surface area (Å²) in [7, 11) is 0. The second-order valence-electron chi connectivity index (χ2n) is 4.19. The van der Waals surface area contributed by atoms with Gasteiger partial charge in [0.05, 0.1) is 0 Å². The van der Waals surface area contributed by atoms with E-state index in [1.54, 1.807) is 0 Å². The fourth-order valence-corrected chi connectivity index (χ4v) is 2.02. The second-order valence-corrected chi connectivity index (χ2v) is 4.19. The van der Waals surface area contributed by atoms with E-state index in [2.05, 4.69) is 32.6 Å². The Morgan fingerprint density at radius 1 is 1.07 bits per heavy atom. The van der Waals surface area contributed by atoms with E-state index in [1.165, 1.54) is 0 Å². The van der Waals surface area contributed by atoms with Gasteiger partial charge < -0.3 is 4.90 Å². The average Bonchev–Trinajstić information content (AvgIpc) is 2.23. The molecule has 0 aliphatic rings. The molecule has 90 valence electrons. The molecule has 0 aliphatic heterocycles. The minimum atomic E-state index is 0.347. The summed E-state index contributed by atoms with van der Waals surface area (Å²) in [6.07, 6.45) is 6.13. The number of nitrogens with zero attached hydrogens (tertiary/aromatic N) is 1. The third-order valence-corrected chi connectivity index (χ3v) is 2.78. The van der Waals surface area contributed by atoms with E-state index in [0.717, 1.165) is 38.6 Å². The Morgan fingerprint density at radius 2 is 1.73 bits per heavy atom. The normalized spacial score (nSPS) is 12.5. The van der Waals surface area contributed by atoms with Crippen LogP contribution in [-0.4, -0.2) is 23.4 Å². The van der Waals surface area contributed by atoms with Crippen LogP contribution in [0.25, 0.3) is 0 Å². The summed E-state index contributed by atoms with van der Waals surface area (Å²) in [6, 6.07) is 0.467. The first-order chi connectivity index (χ1) is 7.21. The van der Waals surface area contributed by atoms with Gasteiger partial charge >= 0.3 is 0 Å². The maximum atomic E-state index is 11.9. The van der Waals surface area contributed by atoms with Crippen molar-refractivity contribution in [2.24, 2.45) is 0 Å². The zero-order valence-corrected chi connectivity index (χ0v) is 10.9. The van der Waals surface area contributed by atoms with E-state index in [1.807, 2.05) is 0 Å². The van der Waals surface area contributed by atoms with E-state index < -0.39 is 0 Å². The topological polar surface area (TPSA) is 20.3 Å². The molecule has 0 radical (unpaired) electrons. The van der Waals surface area contributed by atoms with Crippen molar-refractivity contribution in [3.8, 4) is 0 Å². The van der Waals surface area contributed by atoms with Crippen LogP contribution < -0.4 is 0 Å². The molecule has 0 aromatic rings. The first-order valence-corrected chi connectivity index (χ1v) is 6.50. The van der Waals surface area contributed by atoms with Crippen LogP contribution in [0.2, 0.25) is 0 Å². The lowest BCUT2D eigenvalue weighted by molar-refractivity contribution is -0.133. The molecule has 0 saturated heterocycles. The van der Waals surface area contributed by atoms with Crippen LogP contribution in [0.3, 0.4) is 0 Å². The molecule has 0 aromatic heterocycles. The Morgan fingerprint density at radius 3 is 2.13 bits per heavy atom. The zero-order chi connectivity index (χ0) is 11.7. The minimum Gasteiger partial charge on any atom is -0.340 e. The lowest BCUT2D eigenvalue weighted by Gasteiger charge is -2.31. The molecule has 15 heavy (non-hydrogen) atoms. The lowest BCUT2D eigenvalue weighted by Crippen LogP contribution is -2.40. The number of carbonyl (C=O) groups is 1. The number of carbonyl (C=O) groups excluding carboxylic acids is 1. The summed E-state index contributed by atoms with van der Waals surface area (Å²) in [4.78, 5) is 14.0. The molecule has 1 amide bonds. The van der Waals surface area contributed by atoms with Crippen LogP contribution in [0.5, 0.6) is 0 Å². The molecule has 2 nitrogen and oxygen atoms in total. The average molecular weight is 213 g/mol. The van der Waals surface area contributed by atoms with Crippen molar-refractivity contribution in [3.05, 3.63) is 0 Å². The van der Waals surface area contributed by atoms with E-state index in [4.69, 9.17) is 0 Å². The highest BCUT2D eigenvalue weighted by atomic mass is 16.2. The van der Waals surface area contributed by atoms with Gasteiger partial charge in [0, 0.05) is 19.0 Å². The van der Waals surface area contributed by atoms with Gasteiger partial charge in [0.1, 0.15) is 0 Å². The van der Waals surface area contributed by atoms with Crippen LogP contribution in [0.1, 0.15) is 66.2 Å². The zero-order valence-electron chi connectivity index (χ0n) is 10.9. The molecule has 0 saturated carbocycles. The predicted molar refractivity (Wildman–Crippen MR) is 65.9 cm³/mol. The van der Waals surface area contributed by atoms with Gasteiger partial charge in [0.25, 0.3) is 0 Å². The number of hydrogen-bond donors (Lipinski definition) is 0. The molecule has 0 bridgehead atoms. The molecule has 0 spiro atoms. The highest BCUT2D eigenvalue weighted by Crippen LogP contribution is 2.13. The van der Waals surface area contributed by atoms with Crippen LogP contribution >= 0.6 is 0 Å². The standard InChI is InChI=1S/C13H27NO/c1-5-9-12(8-4)14(11-7-3)13(15)10-6-2/h12H,5-11H2,1-4H3. The van der Waals surface area contributed by atoms with E-state index in [-0.39, 0.29) is 0 Å². The molecule has 2 heteroatoms. The Hall–Kier alpha value is -0.530.